The first kappa shape index (κ1) is 30.9. The van der Waals surface area contributed by atoms with E-state index in [4.69, 9.17) is 23.2 Å². The zero-order valence-electron chi connectivity index (χ0n) is 21.6. The molecule has 0 saturated carbocycles. The molecule has 3 rings (SSSR count). The summed E-state index contributed by atoms with van der Waals surface area (Å²) in [5, 5.41) is 3.52. The van der Waals surface area contributed by atoms with E-state index in [0.29, 0.717) is 38.7 Å². The number of carbonyl (C=O) groups excluding carboxylic acids is 2. The molecule has 0 spiro atoms. The van der Waals surface area contributed by atoms with E-state index in [2.05, 4.69) is 21.2 Å². The molecular weight excluding hydrogens is 625 g/mol. The number of anilines is 1. The summed E-state index contributed by atoms with van der Waals surface area (Å²) in [5.41, 5.74) is 0.761. The Labute approximate surface area is 248 Å². The van der Waals surface area contributed by atoms with Gasteiger partial charge < -0.3 is 10.2 Å². The molecule has 0 bridgehead atoms. The van der Waals surface area contributed by atoms with Gasteiger partial charge in [0.1, 0.15) is 12.6 Å². The molecule has 3 aromatic carbocycles. The van der Waals surface area contributed by atoms with Crippen LogP contribution in [-0.4, -0.2) is 44.3 Å². The minimum atomic E-state index is -4.14. The molecule has 0 heterocycles. The summed E-state index contributed by atoms with van der Waals surface area (Å²) in [6.45, 7) is 3.53. The van der Waals surface area contributed by atoms with Crippen molar-refractivity contribution in [2.45, 2.75) is 44.2 Å². The lowest BCUT2D eigenvalue weighted by Crippen LogP contribution is -2.52. The lowest BCUT2D eigenvalue weighted by molar-refractivity contribution is -0.140. The Hall–Kier alpha value is -2.59. The van der Waals surface area contributed by atoms with E-state index in [9.17, 15) is 18.0 Å². The highest BCUT2D eigenvalue weighted by atomic mass is 79.9. The Bertz CT molecular complexity index is 1390. The lowest BCUT2D eigenvalue weighted by atomic mass is 10.1. The molecule has 7 nitrogen and oxygen atoms in total. The van der Waals surface area contributed by atoms with Crippen molar-refractivity contribution in [1.82, 2.24) is 10.2 Å². The van der Waals surface area contributed by atoms with E-state index in [0.717, 1.165) is 10.7 Å². The van der Waals surface area contributed by atoms with Crippen LogP contribution in [0.25, 0.3) is 0 Å². The molecule has 0 aromatic heterocycles. The fraction of sp³-hybridized carbons (Fsp3) is 0.286. The van der Waals surface area contributed by atoms with Crippen molar-refractivity contribution in [3.63, 3.8) is 0 Å². The van der Waals surface area contributed by atoms with Gasteiger partial charge in [0.25, 0.3) is 10.0 Å². The van der Waals surface area contributed by atoms with Gasteiger partial charge in [0, 0.05) is 33.2 Å². The highest BCUT2D eigenvalue weighted by Gasteiger charge is 2.34. The number of sulfonamides is 1. The number of nitrogens with one attached hydrogen (secondary N) is 1. The van der Waals surface area contributed by atoms with Crippen molar-refractivity contribution >= 4 is 66.7 Å². The van der Waals surface area contributed by atoms with Crippen LogP contribution in [0.5, 0.6) is 0 Å². The van der Waals surface area contributed by atoms with Gasteiger partial charge in [0.05, 0.1) is 10.6 Å². The highest BCUT2D eigenvalue weighted by molar-refractivity contribution is 9.10. The van der Waals surface area contributed by atoms with Crippen molar-refractivity contribution in [2.24, 2.45) is 0 Å². The van der Waals surface area contributed by atoms with Crippen LogP contribution in [0, 0.1) is 0 Å². The second-order valence-corrected chi connectivity index (χ2v) is 12.3. The third-order valence-corrected chi connectivity index (χ3v) is 9.02. The number of nitrogens with zero attached hydrogens (tertiary/aromatic N) is 2. The topological polar surface area (TPSA) is 86.8 Å². The van der Waals surface area contributed by atoms with E-state index in [1.54, 1.807) is 67.6 Å². The SMILES string of the molecule is CCCNC(=O)C(CC)N(Cc1c(Cl)cccc1Cl)C(=O)CN(c1cccc(Br)c1)S(=O)(=O)c1ccccc1. The first-order valence-corrected chi connectivity index (χ1v) is 15.4. The number of hydrogen-bond acceptors (Lipinski definition) is 4. The van der Waals surface area contributed by atoms with Crippen molar-refractivity contribution in [1.29, 1.82) is 0 Å². The van der Waals surface area contributed by atoms with Crippen LogP contribution < -0.4 is 9.62 Å². The third kappa shape index (κ3) is 7.75. The maximum Gasteiger partial charge on any atom is 0.264 e. The minimum absolute atomic E-state index is 0.0335. The molecule has 2 amide bonds. The summed E-state index contributed by atoms with van der Waals surface area (Å²) in [5.74, 6) is -0.917. The molecule has 1 N–H and O–H groups in total. The highest BCUT2D eigenvalue weighted by Crippen LogP contribution is 2.29. The van der Waals surface area contributed by atoms with Gasteiger partial charge in [-0.3, -0.25) is 13.9 Å². The van der Waals surface area contributed by atoms with E-state index >= 15 is 0 Å². The van der Waals surface area contributed by atoms with Gasteiger partial charge in [-0.25, -0.2) is 8.42 Å². The smallest absolute Gasteiger partial charge is 0.264 e. The lowest BCUT2D eigenvalue weighted by Gasteiger charge is -2.33. The molecule has 1 atom stereocenters. The number of hydrogen-bond donors (Lipinski definition) is 1. The third-order valence-electron chi connectivity index (χ3n) is 6.03. The van der Waals surface area contributed by atoms with Crippen molar-refractivity contribution in [2.75, 3.05) is 17.4 Å². The first-order valence-electron chi connectivity index (χ1n) is 12.4. The van der Waals surface area contributed by atoms with E-state index in [1.165, 1.54) is 17.0 Å². The molecule has 208 valence electrons. The average molecular weight is 655 g/mol. The summed E-state index contributed by atoms with van der Waals surface area (Å²) < 4.78 is 29.3. The molecule has 0 radical (unpaired) electrons. The number of halogens is 3. The number of carbonyl (C=O) groups is 2. The van der Waals surface area contributed by atoms with Crippen molar-refractivity contribution in [3.8, 4) is 0 Å². The summed E-state index contributed by atoms with van der Waals surface area (Å²) in [6.07, 6.45) is 1.02. The predicted molar refractivity (Wildman–Crippen MR) is 160 cm³/mol. The van der Waals surface area contributed by atoms with Crippen LogP contribution in [-0.2, 0) is 26.2 Å². The van der Waals surface area contributed by atoms with Crippen LogP contribution in [0.15, 0.2) is 82.2 Å². The Morgan fingerprint density at radius 3 is 2.18 bits per heavy atom. The average Bonchev–Trinajstić information content (AvgIpc) is 2.92. The van der Waals surface area contributed by atoms with Gasteiger partial charge in [-0.15, -0.1) is 0 Å². The molecule has 0 aliphatic heterocycles. The quantitative estimate of drug-likeness (QED) is 0.249. The fourth-order valence-corrected chi connectivity index (χ4v) is 6.35. The van der Waals surface area contributed by atoms with Crippen LogP contribution in [0.2, 0.25) is 10.0 Å². The van der Waals surface area contributed by atoms with Gasteiger partial charge in [-0.05, 0) is 55.3 Å². The number of rotatable bonds is 12. The minimum Gasteiger partial charge on any atom is -0.354 e. The zero-order chi connectivity index (χ0) is 28.6. The molecule has 0 aliphatic carbocycles. The summed E-state index contributed by atoms with van der Waals surface area (Å²) >= 11 is 16.2. The summed E-state index contributed by atoms with van der Waals surface area (Å²) in [7, 11) is -4.14. The van der Waals surface area contributed by atoms with Gasteiger partial charge in [-0.2, -0.15) is 0 Å². The second kappa shape index (κ2) is 14.2. The Kier molecular flexibility index (Phi) is 11.2. The number of amides is 2. The van der Waals surface area contributed by atoms with Crippen LogP contribution >= 0.6 is 39.1 Å². The predicted octanol–water partition coefficient (Wildman–Crippen LogP) is 6.28. The van der Waals surface area contributed by atoms with E-state index in [-0.39, 0.29) is 17.3 Å². The van der Waals surface area contributed by atoms with Gasteiger partial charge in [0.2, 0.25) is 11.8 Å². The van der Waals surface area contributed by atoms with Crippen molar-refractivity contribution < 1.29 is 18.0 Å². The summed E-state index contributed by atoms with van der Waals surface area (Å²) in [6, 6.07) is 18.7. The fourth-order valence-electron chi connectivity index (χ4n) is 4.02. The Morgan fingerprint density at radius 1 is 0.949 bits per heavy atom. The van der Waals surface area contributed by atoms with E-state index < -0.39 is 28.5 Å². The molecular formula is C28H30BrCl2N3O4S. The first-order chi connectivity index (χ1) is 18.6. The molecule has 39 heavy (non-hydrogen) atoms. The van der Waals surface area contributed by atoms with Crippen LogP contribution in [0.1, 0.15) is 32.3 Å². The van der Waals surface area contributed by atoms with Gasteiger partial charge in [-0.1, -0.05) is 83.3 Å². The van der Waals surface area contributed by atoms with Crippen LogP contribution in [0.3, 0.4) is 0 Å². The van der Waals surface area contributed by atoms with Gasteiger partial charge >= 0.3 is 0 Å². The zero-order valence-corrected chi connectivity index (χ0v) is 25.5. The largest absolute Gasteiger partial charge is 0.354 e. The summed E-state index contributed by atoms with van der Waals surface area (Å²) in [4.78, 5) is 28.6. The van der Waals surface area contributed by atoms with E-state index in [1.807, 2.05) is 6.92 Å². The normalized spacial score (nSPS) is 12.0. The van der Waals surface area contributed by atoms with Crippen LogP contribution in [0.4, 0.5) is 5.69 Å². The molecule has 0 aliphatic rings. The van der Waals surface area contributed by atoms with Crippen molar-refractivity contribution in [3.05, 3.63) is 92.9 Å². The van der Waals surface area contributed by atoms with Gasteiger partial charge in [0.15, 0.2) is 0 Å². The molecule has 0 fully saturated rings. The maximum atomic E-state index is 14.0. The molecule has 0 saturated heterocycles. The number of benzene rings is 3. The molecule has 3 aromatic rings. The Morgan fingerprint density at radius 2 is 1.59 bits per heavy atom. The molecule has 1 unspecified atom stereocenters. The monoisotopic (exact) mass is 653 g/mol. The molecule has 11 heteroatoms. The standard InChI is InChI=1S/C28H30BrCl2N3O4S/c1-3-16-32-28(36)26(4-2)33(18-23-24(30)14-9-15-25(23)31)27(35)19-34(21-11-8-10-20(29)17-21)39(37,38)22-12-6-5-7-13-22/h5-15,17,26H,3-4,16,18-19H2,1-2H3,(H,32,36). The maximum absolute atomic E-state index is 14.0. The second-order valence-electron chi connectivity index (χ2n) is 8.74. The Balaban J connectivity index is 2.08.